The molecule has 0 spiro atoms. The number of hydrogen-bond donors (Lipinski definition) is 0. The largest absolute Gasteiger partial charge is 0.254 e. The highest BCUT2D eigenvalue weighted by atomic mass is 35.7. The van der Waals surface area contributed by atoms with Crippen LogP contribution in [0.15, 0.2) is 23.7 Å². The number of rotatable bonds is 2. The molecule has 0 atom stereocenters. The van der Waals surface area contributed by atoms with Crippen molar-refractivity contribution in [2.75, 3.05) is 0 Å². The molecule has 1 heterocycles. The van der Waals surface area contributed by atoms with E-state index in [0.717, 1.165) is 11.6 Å². The molecule has 0 saturated carbocycles. The Kier molecular flexibility index (Phi) is 3.00. The monoisotopic (exact) mass is 221 g/mol. The molecule has 70 valence electrons. The second-order valence-corrected chi connectivity index (χ2v) is 4.69. The van der Waals surface area contributed by atoms with E-state index < -0.39 is 14.9 Å². The summed E-state index contributed by atoms with van der Waals surface area (Å²) in [5, 5.41) is 0.787. The van der Waals surface area contributed by atoms with Gasteiger partial charge in [-0.2, -0.15) is 0 Å². The van der Waals surface area contributed by atoms with Crippen molar-refractivity contribution >= 4 is 25.8 Å². The lowest BCUT2D eigenvalue weighted by molar-refractivity contribution is 0.617. The number of pyridine rings is 1. The summed E-state index contributed by atoms with van der Waals surface area (Å²) in [6.45, 7) is 0. The van der Waals surface area contributed by atoms with E-state index in [2.05, 4.69) is 4.98 Å². The number of aromatic nitrogens is 1. The first kappa shape index (κ1) is 10.1. The van der Waals surface area contributed by atoms with E-state index in [4.69, 9.17) is 10.7 Å². The third-order valence-corrected chi connectivity index (χ3v) is 1.92. The number of halogens is 2. The highest BCUT2D eigenvalue weighted by molar-refractivity contribution is 8.16. The normalized spacial score (nSPS) is 12.2. The van der Waals surface area contributed by atoms with Crippen molar-refractivity contribution in [2.24, 2.45) is 0 Å². The standard InChI is InChI=1S/C7H5ClFNO2S/c8-13(11,12)4-3-7-2-1-6(9)5-10-7/h1-5H/b4-3+. The average Bonchev–Trinajstić information content (AvgIpc) is 2.02. The van der Waals surface area contributed by atoms with Gasteiger partial charge >= 0.3 is 0 Å². The second kappa shape index (κ2) is 3.85. The summed E-state index contributed by atoms with van der Waals surface area (Å²) < 4.78 is 33.2. The summed E-state index contributed by atoms with van der Waals surface area (Å²) in [4.78, 5) is 3.60. The van der Waals surface area contributed by atoms with E-state index in [1.807, 2.05) is 0 Å². The Hall–Kier alpha value is -0.940. The van der Waals surface area contributed by atoms with Crippen molar-refractivity contribution in [3.8, 4) is 0 Å². The van der Waals surface area contributed by atoms with Gasteiger partial charge in [0.2, 0.25) is 0 Å². The summed E-state index contributed by atoms with van der Waals surface area (Å²) in [5.74, 6) is -0.481. The molecule has 6 heteroatoms. The predicted molar refractivity (Wildman–Crippen MR) is 48.0 cm³/mol. The molecule has 0 aliphatic heterocycles. The van der Waals surface area contributed by atoms with Crippen LogP contribution in [0.4, 0.5) is 4.39 Å². The molecule has 0 aromatic carbocycles. The minimum absolute atomic E-state index is 0.325. The van der Waals surface area contributed by atoms with Gasteiger partial charge in [-0.1, -0.05) is 0 Å². The number of nitrogens with zero attached hydrogens (tertiary/aromatic N) is 1. The van der Waals surface area contributed by atoms with Crippen molar-refractivity contribution in [2.45, 2.75) is 0 Å². The molecule has 0 aliphatic carbocycles. The Morgan fingerprint density at radius 1 is 1.46 bits per heavy atom. The van der Waals surface area contributed by atoms with Gasteiger partial charge in [-0.15, -0.1) is 0 Å². The molecule has 13 heavy (non-hydrogen) atoms. The summed E-state index contributed by atoms with van der Waals surface area (Å²) in [7, 11) is 1.22. The lowest BCUT2D eigenvalue weighted by Gasteiger charge is -1.90. The minimum Gasteiger partial charge on any atom is -0.254 e. The van der Waals surface area contributed by atoms with E-state index in [-0.39, 0.29) is 0 Å². The van der Waals surface area contributed by atoms with Crippen LogP contribution in [0.1, 0.15) is 5.69 Å². The minimum atomic E-state index is -3.67. The Morgan fingerprint density at radius 2 is 2.15 bits per heavy atom. The zero-order valence-corrected chi connectivity index (χ0v) is 7.89. The van der Waals surface area contributed by atoms with Crippen LogP contribution in [0, 0.1) is 5.82 Å². The molecule has 1 aromatic rings. The summed E-state index contributed by atoms with van der Waals surface area (Å²) in [5.41, 5.74) is 0.325. The Balaban J connectivity index is 2.88. The molecule has 0 unspecified atom stereocenters. The van der Waals surface area contributed by atoms with Gasteiger partial charge in [0.1, 0.15) is 5.82 Å². The molecule has 0 N–H and O–H groups in total. The molecule has 0 fully saturated rings. The molecule has 3 nitrogen and oxygen atoms in total. The van der Waals surface area contributed by atoms with Gasteiger partial charge in [0.15, 0.2) is 0 Å². The lowest BCUT2D eigenvalue weighted by atomic mass is 10.3. The van der Waals surface area contributed by atoms with Crippen LogP contribution in [0.3, 0.4) is 0 Å². The summed E-state index contributed by atoms with van der Waals surface area (Å²) >= 11 is 0. The van der Waals surface area contributed by atoms with Gasteiger partial charge in [0, 0.05) is 16.1 Å². The molecule has 0 saturated heterocycles. The van der Waals surface area contributed by atoms with Crippen molar-refractivity contribution in [3.05, 3.63) is 35.2 Å². The molecular formula is C7H5ClFNO2S. The smallest absolute Gasteiger partial charge is 0.254 e. The SMILES string of the molecule is O=S(=O)(Cl)/C=C/c1ccc(F)cn1. The third kappa shape index (κ3) is 4.00. The summed E-state index contributed by atoms with van der Waals surface area (Å²) in [6, 6.07) is 2.52. The van der Waals surface area contributed by atoms with Crippen LogP contribution >= 0.6 is 10.7 Å². The third-order valence-electron chi connectivity index (χ3n) is 1.15. The van der Waals surface area contributed by atoms with Crippen molar-refractivity contribution in [3.63, 3.8) is 0 Å². The Morgan fingerprint density at radius 3 is 2.62 bits per heavy atom. The predicted octanol–water partition coefficient (Wildman–Crippen LogP) is 1.76. The van der Waals surface area contributed by atoms with Crippen LogP contribution in [-0.2, 0) is 9.05 Å². The van der Waals surface area contributed by atoms with Crippen LogP contribution in [0.5, 0.6) is 0 Å². The molecule has 0 bridgehead atoms. The van der Waals surface area contributed by atoms with Crippen molar-refractivity contribution in [1.82, 2.24) is 4.98 Å². The van der Waals surface area contributed by atoms with Crippen LogP contribution in [0.2, 0.25) is 0 Å². The van der Waals surface area contributed by atoms with E-state index in [9.17, 15) is 12.8 Å². The van der Waals surface area contributed by atoms with Crippen molar-refractivity contribution in [1.29, 1.82) is 0 Å². The topological polar surface area (TPSA) is 47.0 Å². The van der Waals surface area contributed by atoms with Gasteiger partial charge in [-0.3, -0.25) is 4.98 Å². The zero-order valence-electron chi connectivity index (χ0n) is 6.31. The van der Waals surface area contributed by atoms with Crippen LogP contribution in [-0.4, -0.2) is 13.4 Å². The first-order chi connectivity index (χ1) is 5.97. The fourth-order valence-corrected chi connectivity index (χ4v) is 1.09. The lowest BCUT2D eigenvalue weighted by Crippen LogP contribution is -1.83. The maximum atomic E-state index is 12.3. The number of hydrogen-bond acceptors (Lipinski definition) is 3. The molecule has 0 radical (unpaired) electrons. The first-order valence-corrected chi connectivity index (χ1v) is 5.59. The van der Waals surface area contributed by atoms with Gasteiger partial charge < -0.3 is 0 Å². The molecule has 0 amide bonds. The maximum absolute atomic E-state index is 12.3. The van der Waals surface area contributed by atoms with E-state index in [1.165, 1.54) is 18.2 Å². The quantitative estimate of drug-likeness (QED) is 0.715. The molecular weight excluding hydrogens is 217 g/mol. The maximum Gasteiger partial charge on any atom is 0.254 e. The van der Waals surface area contributed by atoms with Gasteiger partial charge in [0.25, 0.3) is 9.05 Å². The average molecular weight is 222 g/mol. The van der Waals surface area contributed by atoms with E-state index >= 15 is 0 Å². The molecule has 1 aromatic heterocycles. The zero-order chi connectivity index (χ0) is 9.90. The van der Waals surface area contributed by atoms with Crippen LogP contribution in [0.25, 0.3) is 6.08 Å². The van der Waals surface area contributed by atoms with Gasteiger partial charge in [0.05, 0.1) is 11.9 Å². The fraction of sp³-hybridized carbons (Fsp3) is 0. The van der Waals surface area contributed by atoms with E-state index in [1.54, 1.807) is 0 Å². The Labute approximate surface area is 79.3 Å². The second-order valence-electron chi connectivity index (χ2n) is 2.18. The molecule has 1 rings (SSSR count). The molecule has 0 aliphatic rings. The van der Waals surface area contributed by atoms with Crippen LogP contribution < -0.4 is 0 Å². The highest BCUT2D eigenvalue weighted by Gasteiger charge is 1.97. The van der Waals surface area contributed by atoms with Crippen molar-refractivity contribution < 1.29 is 12.8 Å². The van der Waals surface area contributed by atoms with Gasteiger partial charge in [-0.05, 0) is 18.2 Å². The van der Waals surface area contributed by atoms with E-state index in [0.29, 0.717) is 5.69 Å². The Bertz CT molecular complexity index is 413. The van der Waals surface area contributed by atoms with Gasteiger partial charge in [-0.25, -0.2) is 12.8 Å². The highest BCUT2D eigenvalue weighted by Crippen LogP contribution is 2.04. The fourth-order valence-electron chi connectivity index (χ4n) is 0.637. The summed E-state index contributed by atoms with van der Waals surface area (Å²) in [6.07, 6.45) is 2.17. The first-order valence-electron chi connectivity index (χ1n) is 3.22.